The van der Waals surface area contributed by atoms with Gasteiger partial charge in [-0.2, -0.15) is 0 Å². The average molecular weight is 149 g/mol. The second-order valence-electron chi connectivity index (χ2n) is 2.97. The summed E-state index contributed by atoms with van der Waals surface area (Å²) in [6.45, 7) is 3.34. The van der Waals surface area contributed by atoms with Crippen molar-refractivity contribution < 1.29 is 9.50 Å². The van der Waals surface area contributed by atoms with Crippen molar-refractivity contribution >= 4 is 0 Å². The van der Waals surface area contributed by atoms with E-state index in [9.17, 15) is 4.39 Å². The minimum atomic E-state index is -0.534. The lowest BCUT2D eigenvalue weighted by Crippen LogP contribution is -2.37. The highest BCUT2D eigenvalue weighted by Crippen LogP contribution is 2.24. The van der Waals surface area contributed by atoms with Crippen LogP contribution in [-0.2, 0) is 0 Å². The molecule has 3 heteroatoms. The third kappa shape index (κ3) is 2.23. The number of alkyl halides is 1. The van der Waals surface area contributed by atoms with Crippen molar-refractivity contribution in [3.8, 4) is 0 Å². The van der Waals surface area contributed by atoms with Crippen LogP contribution in [0.3, 0.4) is 0 Å². The summed E-state index contributed by atoms with van der Waals surface area (Å²) in [6, 6.07) is 0. The van der Waals surface area contributed by atoms with Gasteiger partial charge in [-0.25, -0.2) is 0 Å². The van der Waals surface area contributed by atoms with Crippen LogP contribution in [0.25, 0.3) is 0 Å². The van der Waals surface area contributed by atoms with Crippen LogP contribution in [-0.4, -0.2) is 24.4 Å². The van der Waals surface area contributed by atoms with Crippen LogP contribution < -0.4 is 5.73 Å². The molecule has 0 bridgehead atoms. The van der Waals surface area contributed by atoms with E-state index >= 15 is 0 Å². The topological polar surface area (TPSA) is 46.2 Å². The zero-order chi connectivity index (χ0) is 8.20. The molecule has 0 radical (unpaired) electrons. The highest BCUT2D eigenvalue weighted by molar-refractivity contribution is 4.79. The molecule has 0 fully saturated rings. The second-order valence-corrected chi connectivity index (χ2v) is 2.97. The van der Waals surface area contributed by atoms with Gasteiger partial charge in [-0.05, 0) is 13.3 Å². The average Bonchev–Trinajstić information content (AvgIpc) is 1.88. The van der Waals surface area contributed by atoms with Gasteiger partial charge in [-0.1, -0.05) is 6.92 Å². The third-order valence-electron chi connectivity index (χ3n) is 2.14. The van der Waals surface area contributed by atoms with Gasteiger partial charge >= 0.3 is 0 Å². The first-order valence-corrected chi connectivity index (χ1v) is 3.51. The lowest BCUT2D eigenvalue weighted by Gasteiger charge is -2.29. The van der Waals surface area contributed by atoms with E-state index in [4.69, 9.17) is 10.8 Å². The summed E-state index contributed by atoms with van der Waals surface area (Å²) in [4.78, 5) is 0. The zero-order valence-electron chi connectivity index (χ0n) is 6.60. The van der Waals surface area contributed by atoms with Crippen LogP contribution in [0.1, 0.15) is 20.3 Å². The Labute approximate surface area is 61.2 Å². The Bertz CT molecular complexity index is 97.6. The summed E-state index contributed by atoms with van der Waals surface area (Å²) in [5.74, 6) is 0. The van der Waals surface area contributed by atoms with Crippen LogP contribution in [0.2, 0.25) is 0 Å². The Morgan fingerprint density at radius 2 is 2.20 bits per heavy atom. The lowest BCUT2D eigenvalue weighted by atomic mass is 9.82. The normalized spacial score (nSPS) is 20.1. The van der Waals surface area contributed by atoms with E-state index in [1.807, 2.05) is 0 Å². The van der Waals surface area contributed by atoms with Gasteiger partial charge in [0.15, 0.2) is 0 Å². The summed E-state index contributed by atoms with van der Waals surface area (Å²) in [5, 5.41) is 9.16. The molecule has 0 aliphatic heterocycles. The fourth-order valence-corrected chi connectivity index (χ4v) is 0.697. The van der Waals surface area contributed by atoms with Gasteiger partial charge in [-0.15, -0.1) is 0 Å². The van der Waals surface area contributed by atoms with Crippen molar-refractivity contribution in [2.24, 2.45) is 11.1 Å². The number of aliphatic hydroxyl groups excluding tert-OH is 1. The first-order valence-electron chi connectivity index (χ1n) is 3.51. The molecule has 0 aliphatic rings. The molecule has 2 nitrogen and oxygen atoms in total. The maximum absolute atomic E-state index is 11.9. The predicted octanol–water partition coefficient (Wildman–Crippen LogP) is 0.692. The molecule has 0 saturated carbocycles. The molecule has 0 heterocycles. The monoisotopic (exact) mass is 149 g/mol. The molecule has 0 aliphatic carbocycles. The molecule has 2 unspecified atom stereocenters. The largest absolute Gasteiger partial charge is 0.393 e. The molecule has 10 heavy (non-hydrogen) atoms. The van der Waals surface area contributed by atoms with Gasteiger partial charge in [0.05, 0.1) is 12.8 Å². The number of hydrogen-bond acceptors (Lipinski definition) is 2. The molecule has 62 valence electrons. The molecule has 0 aromatic heterocycles. The van der Waals surface area contributed by atoms with Gasteiger partial charge in [-0.3, -0.25) is 4.39 Å². The quantitative estimate of drug-likeness (QED) is 0.617. The Hall–Kier alpha value is -0.150. The summed E-state index contributed by atoms with van der Waals surface area (Å²) in [7, 11) is 0. The molecular weight excluding hydrogens is 133 g/mol. The van der Waals surface area contributed by atoms with Crippen LogP contribution in [0, 0.1) is 5.41 Å². The van der Waals surface area contributed by atoms with Crippen molar-refractivity contribution in [1.82, 2.24) is 0 Å². The van der Waals surface area contributed by atoms with Gasteiger partial charge < -0.3 is 10.8 Å². The Kier molecular flexibility index (Phi) is 3.83. The van der Waals surface area contributed by atoms with Crippen LogP contribution in [0.15, 0.2) is 0 Å². The van der Waals surface area contributed by atoms with E-state index in [0.29, 0.717) is 13.0 Å². The maximum Gasteiger partial charge on any atom is 0.0901 e. The van der Waals surface area contributed by atoms with E-state index < -0.39 is 18.2 Å². The molecule has 2 atom stereocenters. The van der Waals surface area contributed by atoms with E-state index in [1.165, 1.54) is 0 Å². The first-order chi connectivity index (χ1) is 4.56. The smallest absolute Gasteiger partial charge is 0.0901 e. The van der Waals surface area contributed by atoms with Crippen molar-refractivity contribution in [1.29, 1.82) is 0 Å². The molecular formula is C7H16FNO. The summed E-state index contributed by atoms with van der Waals surface area (Å²) >= 11 is 0. The summed E-state index contributed by atoms with van der Waals surface area (Å²) < 4.78 is 11.9. The molecule has 0 rings (SSSR count). The molecule has 0 saturated heterocycles. The number of aliphatic hydroxyl groups is 1. The third-order valence-corrected chi connectivity index (χ3v) is 2.14. The van der Waals surface area contributed by atoms with Crippen molar-refractivity contribution in [3.63, 3.8) is 0 Å². The Morgan fingerprint density at radius 1 is 1.70 bits per heavy atom. The van der Waals surface area contributed by atoms with Crippen molar-refractivity contribution in [2.75, 3.05) is 13.2 Å². The molecule has 0 aromatic rings. The van der Waals surface area contributed by atoms with Gasteiger partial charge in [0.2, 0.25) is 0 Å². The second kappa shape index (κ2) is 3.88. The van der Waals surface area contributed by atoms with Gasteiger partial charge in [0, 0.05) is 12.0 Å². The van der Waals surface area contributed by atoms with E-state index in [0.717, 1.165) is 0 Å². The van der Waals surface area contributed by atoms with Gasteiger partial charge in [0.25, 0.3) is 0 Å². The molecule has 0 spiro atoms. The number of nitrogens with two attached hydrogens (primary N) is 1. The fourth-order valence-electron chi connectivity index (χ4n) is 0.697. The van der Waals surface area contributed by atoms with Crippen molar-refractivity contribution in [3.05, 3.63) is 0 Å². The molecule has 0 aromatic carbocycles. The SMILES string of the molecule is CC(O)C(C)(CN)CCF. The highest BCUT2D eigenvalue weighted by Gasteiger charge is 2.27. The van der Waals surface area contributed by atoms with Crippen LogP contribution in [0.5, 0.6) is 0 Å². The van der Waals surface area contributed by atoms with E-state index in [1.54, 1.807) is 13.8 Å². The first kappa shape index (κ1) is 9.85. The van der Waals surface area contributed by atoms with E-state index in [2.05, 4.69) is 0 Å². The van der Waals surface area contributed by atoms with Crippen LogP contribution >= 0.6 is 0 Å². The summed E-state index contributed by atoms with van der Waals surface area (Å²) in [6.07, 6.45) is -0.200. The minimum absolute atomic E-state index is 0.328. The number of rotatable bonds is 4. The maximum atomic E-state index is 11.9. The Morgan fingerprint density at radius 3 is 2.30 bits per heavy atom. The van der Waals surface area contributed by atoms with Crippen LogP contribution in [0.4, 0.5) is 4.39 Å². The Balaban J connectivity index is 3.94. The van der Waals surface area contributed by atoms with Gasteiger partial charge in [0.1, 0.15) is 0 Å². The standard InChI is InChI=1S/C7H16FNO/c1-6(10)7(2,5-9)3-4-8/h6,10H,3-5,9H2,1-2H3. The highest BCUT2D eigenvalue weighted by atomic mass is 19.1. The predicted molar refractivity (Wildman–Crippen MR) is 39.4 cm³/mol. The fraction of sp³-hybridized carbons (Fsp3) is 1.00. The lowest BCUT2D eigenvalue weighted by molar-refractivity contribution is 0.0469. The van der Waals surface area contributed by atoms with E-state index in [-0.39, 0.29) is 0 Å². The van der Waals surface area contributed by atoms with Crippen molar-refractivity contribution in [2.45, 2.75) is 26.4 Å². The summed E-state index contributed by atoms with van der Waals surface area (Å²) in [5.41, 5.74) is 4.92. The molecule has 3 N–H and O–H groups in total. The minimum Gasteiger partial charge on any atom is -0.393 e. The zero-order valence-corrected chi connectivity index (χ0v) is 6.60. The molecule has 0 amide bonds. The number of hydrogen-bond donors (Lipinski definition) is 2. The number of halogens is 1.